The third-order valence-electron chi connectivity index (χ3n) is 2.73. The van der Waals surface area contributed by atoms with Crippen molar-refractivity contribution in [2.75, 3.05) is 32.1 Å². The molecule has 0 aromatic heterocycles. The predicted octanol–water partition coefficient (Wildman–Crippen LogP) is 0.787. The minimum Gasteiger partial charge on any atom is -0.384 e. The van der Waals surface area contributed by atoms with Gasteiger partial charge >= 0.3 is 0 Å². The number of aryl methyl sites for hydroxylation is 1. The average molecular weight is 251 g/mol. The van der Waals surface area contributed by atoms with Crippen molar-refractivity contribution in [3.8, 4) is 0 Å². The molecule has 0 aliphatic heterocycles. The Morgan fingerprint density at radius 1 is 1.33 bits per heavy atom. The van der Waals surface area contributed by atoms with E-state index in [-0.39, 0.29) is 5.91 Å². The maximum Gasteiger partial charge on any atom is 0.279 e. The van der Waals surface area contributed by atoms with Gasteiger partial charge in [-0.15, -0.1) is 0 Å². The summed E-state index contributed by atoms with van der Waals surface area (Å²) in [6.45, 7) is 4.23. The van der Waals surface area contributed by atoms with Gasteiger partial charge in [0.05, 0.1) is 13.2 Å². The van der Waals surface area contributed by atoms with Crippen molar-refractivity contribution >= 4 is 11.6 Å². The summed E-state index contributed by atoms with van der Waals surface area (Å²) >= 11 is 0. The van der Waals surface area contributed by atoms with E-state index in [0.717, 1.165) is 31.7 Å². The average Bonchev–Trinajstić information content (AvgIpc) is 2.39. The Morgan fingerprint density at radius 2 is 2.06 bits per heavy atom. The molecule has 100 valence electrons. The van der Waals surface area contributed by atoms with Gasteiger partial charge in [-0.05, 0) is 24.1 Å². The second-order valence-electron chi connectivity index (χ2n) is 4.23. The lowest BCUT2D eigenvalue weighted by Gasteiger charge is -2.05. The summed E-state index contributed by atoms with van der Waals surface area (Å²) in [4.78, 5) is 11.6. The van der Waals surface area contributed by atoms with Crippen LogP contribution in [0, 0.1) is 0 Å². The van der Waals surface area contributed by atoms with E-state index in [9.17, 15) is 4.79 Å². The van der Waals surface area contributed by atoms with E-state index in [1.54, 1.807) is 7.11 Å². The van der Waals surface area contributed by atoms with Crippen LogP contribution < -0.4 is 10.6 Å². The maximum absolute atomic E-state index is 11.6. The van der Waals surface area contributed by atoms with Gasteiger partial charge in [0, 0.05) is 19.2 Å². The topological polar surface area (TPSA) is 54.9 Å². The molecule has 0 atom stereocenters. The Hall–Kier alpha value is -1.39. The fourth-order valence-electron chi connectivity index (χ4n) is 1.64. The zero-order chi connectivity index (χ0) is 13.2. The lowest BCUT2D eigenvalue weighted by Crippen LogP contribution is -2.86. The van der Waals surface area contributed by atoms with Gasteiger partial charge in [0.15, 0.2) is 6.54 Å². The molecule has 0 aliphatic carbocycles. The van der Waals surface area contributed by atoms with Crippen LogP contribution in [-0.2, 0) is 16.0 Å². The largest absolute Gasteiger partial charge is 0.384 e. The van der Waals surface area contributed by atoms with Gasteiger partial charge in [-0.25, -0.2) is 0 Å². The Balaban J connectivity index is 2.22. The zero-order valence-electron chi connectivity index (χ0n) is 11.2. The molecule has 0 spiro atoms. The van der Waals surface area contributed by atoms with Crippen molar-refractivity contribution in [1.82, 2.24) is 0 Å². The lowest BCUT2D eigenvalue weighted by atomic mass is 10.1. The van der Waals surface area contributed by atoms with Gasteiger partial charge in [0.25, 0.3) is 5.91 Å². The summed E-state index contributed by atoms with van der Waals surface area (Å²) in [5.41, 5.74) is 2.14. The van der Waals surface area contributed by atoms with Crippen LogP contribution in [0.15, 0.2) is 24.3 Å². The number of anilines is 1. The third kappa shape index (κ3) is 5.80. The first-order valence-electron chi connectivity index (χ1n) is 6.45. The normalized spacial score (nSPS) is 10.3. The summed E-state index contributed by atoms with van der Waals surface area (Å²) in [7, 11) is 1.69. The molecule has 1 aromatic carbocycles. The highest BCUT2D eigenvalue weighted by molar-refractivity contribution is 5.91. The maximum atomic E-state index is 11.6. The number of ether oxygens (including phenoxy) is 1. The summed E-state index contributed by atoms with van der Waals surface area (Å²) < 4.78 is 4.95. The van der Waals surface area contributed by atoms with Crippen molar-refractivity contribution in [2.45, 2.75) is 19.8 Å². The molecule has 3 N–H and O–H groups in total. The Labute approximate surface area is 109 Å². The molecule has 0 heterocycles. The van der Waals surface area contributed by atoms with Gasteiger partial charge in [-0.2, -0.15) is 0 Å². The van der Waals surface area contributed by atoms with Gasteiger partial charge in [0.2, 0.25) is 0 Å². The molecule has 0 aliphatic rings. The van der Waals surface area contributed by atoms with Crippen LogP contribution in [0.1, 0.15) is 18.9 Å². The number of nitrogens with two attached hydrogens (primary N) is 1. The van der Waals surface area contributed by atoms with E-state index < -0.39 is 0 Å². The number of carbonyl (C=O) groups excluding carboxylic acids is 1. The number of benzene rings is 1. The number of quaternary nitrogens is 1. The van der Waals surface area contributed by atoms with Gasteiger partial charge in [0.1, 0.15) is 0 Å². The molecule has 0 radical (unpaired) electrons. The Kier molecular flexibility index (Phi) is 7.06. The molecule has 1 aromatic rings. The molecule has 0 fully saturated rings. The van der Waals surface area contributed by atoms with Crippen LogP contribution in [0.5, 0.6) is 0 Å². The molecule has 4 nitrogen and oxygen atoms in total. The Bertz CT molecular complexity index is 349. The molecule has 1 rings (SSSR count). The second-order valence-corrected chi connectivity index (χ2v) is 4.23. The van der Waals surface area contributed by atoms with E-state index in [0.29, 0.717) is 6.54 Å². The van der Waals surface area contributed by atoms with Crippen LogP contribution in [0.4, 0.5) is 5.69 Å². The first-order chi connectivity index (χ1) is 8.76. The summed E-state index contributed by atoms with van der Waals surface area (Å²) in [6.07, 6.45) is 1.98. The van der Waals surface area contributed by atoms with Crippen molar-refractivity contribution in [3.05, 3.63) is 29.8 Å². The summed E-state index contributed by atoms with van der Waals surface area (Å²) in [5.74, 6) is 0.0386. The Morgan fingerprint density at radius 3 is 2.67 bits per heavy atom. The lowest BCUT2D eigenvalue weighted by molar-refractivity contribution is -0.644. The molecular formula is C14H23N2O2+. The smallest absolute Gasteiger partial charge is 0.279 e. The first kappa shape index (κ1) is 14.7. The van der Waals surface area contributed by atoms with Gasteiger partial charge < -0.3 is 15.4 Å². The van der Waals surface area contributed by atoms with Gasteiger partial charge in [-0.3, -0.25) is 4.79 Å². The molecule has 0 unspecified atom stereocenters. The number of rotatable bonds is 8. The number of carbonyl (C=O) groups is 1. The second kappa shape index (κ2) is 8.66. The highest BCUT2D eigenvalue weighted by Gasteiger charge is 2.03. The van der Waals surface area contributed by atoms with Gasteiger partial charge in [-0.1, -0.05) is 19.1 Å². The minimum absolute atomic E-state index is 0.0386. The van der Waals surface area contributed by atoms with Crippen LogP contribution in [0.2, 0.25) is 0 Å². The van der Waals surface area contributed by atoms with E-state index in [2.05, 4.69) is 12.2 Å². The van der Waals surface area contributed by atoms with E-state index >= 15 is 0 Å². The third-order valence-corrected chi connectivity index (χ3v) is 2.73. The standard InChI is InChI=1S/C14H22N2O2/c1-3-12-5-7-13(8-6-12)16-14(17)11-15-9-4-10-18-2/h5-8,15H,3-4,9-11H2,1-2H3,(H,16,17)/p+1. The van der Waals surface area contributed by atoms with Crippen LogP contribution in [-0.4, -0.2) is 32.7 Å². The fraction of sp³-hybridized carbons (Fsp3) is 0.500. The molecule has 1 amide bonds. The molecule has 0 saturated carbocycles. The summed E-state index contributed by atoms with van der Waals surface area (Å²) in [5, 5.41) is 4.88. The fourth-order valence-corrected chi connectivity index (χ4v) is 1.64. The molecule has 0 bridgehead atoms. The number of amides is 1. The first-order valence-corrected chi connectivity index (χ1v) is 6.45. The zero-order valence-corrected chi connectivity index (χ0v) is 11.2. The molecule has 4 heteroatoms. The van der Waals surface area contributed by atoms with E-state index in [1.807, 2.05) is 29.6 Å². The van der Waals surface area contributed by atoms with Crippen LogP contribution in [0.3, 0.4) is 0 Å². The minimum atomic E-state index is 0.0386. The van der Waals surface area contributed by atoms with Crippen molar-refractivity contribution in [2.24, 2.45) is 0 Å². The SMILES string of the molecule is CCc1ccc(NC(=O)C[NH2+]CCCOC)cc1. The molecular weight excluding hydrogens is 228 g/mol. The van der Waals surface area contributed by atoms with Crippen molar-refractivity contribution < 1.29 is 14.8 Å². The van der Waals surface area contributed by atoms with E-state index in [4.69, 9.17) is 4.74 Å². The number of hydrogen-bond donors (Lipinski definition) is 2. The van der Waals surface area contributed by atoms with Crippen LogP contribution >= 0.6 is 0 Å². The van der Waals surface area contributed by atoms with Crippen molar-refractivity contribution in [1.29, 1.82) is 0 Å². The highest BCUT2D eigenvalue weighted by Crippen LogP contribution is 2.09. The van der Waals surface area contributed by atoms with E-state index in [1.165, 1.54) is 5.56 Å². The predicted molar refractivity (Wildman–Crippen MR) is 72.6 cm³/mol. The quantitative estimate of drug-likeness (QED) is 0.671. The number of nitrogens with one attached hydrogen (secondary N) is 1. The molecule has 0 saturated heterocycles. The monoisotopic (exact) mass is 251 g/mol. The number of hydrogen-bond acceptors (Lipinski definition) is 2. The highest BCUT2D eigenvalue weighted by atomic mass is 16.5. The number of methoxy groups -OCH3 is 1. The summed E-state index contributed by atoms with van der Waals surface area (Å²) in [6, 6.07) is 7.97. The van der Waals surface area contributed by atoms with Crippen molar-refractivity contribution in [3.63, 3.8) is 0 Å². The van der Waals surface area contributed by atoms with Crippen LogP contribution in [0.25, 0.3) is 0 Å². The molecule has 18 heavy (non-hydrogen) atoms.